The minimum Gasteiger partial charge on any atom is -0.246 e. The first-order valence-electron chi connectivity index (χ1n) is 6.06. The number of aromatic nitrogens is 4. The largest absolute Gasteiger partial charge is 0.258 e. The van der Waals surface area contributed by atoms with E-state index in [-0.39, 0.29) is 5.95 Å². The van der Waals surface area contributed by atoms with Crippen LogP contribution in [0.2, 0.25) is 0 Å². The molecule has 0 aliphatic carbocycles. The maximum absolute atomic E-state index is 11.9. The zero-order valence-corrected chi connectivity index (χ0v) is 11.6. The van der Waals surface area contributed by atoms with E-state index in [4.69, 9.17) is 0 Å². The van der Waals surface area contributed by atoms with Gasteiger partial charge in [-0.3, -0.25) is 0 Å². The Morgan fingerprint density at radius 1 is 1.14 bits per heavy atom. The molecule has 3 rings (SSSR count). The van der Waals surface area contributed by atoms with Gasteiger partial charge in [0.1, 0.15) is 0 Å². The van der Waals surface area contributed by atoms with Gasteiger partial charge < -0.3 is 0 Å². The van der Waals surface area contributed by atoms with Crippen molar-refractivity contribution in [1.82, 2.24) is 19.6 Å². The van der Waals surface area contributed by atoms with E-state index in [2.05, 4.69) is 19.8 Å². The molecule has 0 aliphatic rings. The van der Waals surface area contributed by atoms with Crippen molar-refractivity contribution < 1.29 is 8.42 Å². The van der Waals surface area contributed by atoms with E-state index in [0.717, 1.165) is 11.0 Å². The molecule has 1 N–H and O–H groups in total. The molecule has 0 spiro atoms. The van der Waals surface area contributed by atoms with Crippen LogP contribution in [0.5, 0.6) is 0 Å². The standard InChI is InChI=1S/C13H11N5O2S/c19-21(20,10-7-11-5-2-1-3-6-11)17-12-15-13-14-8-4-9-18(13)16-12/h1-10H,(H,16,17)/b10-7+. The summed E-state index contributed by atoms with van der Waals surface area (Å²) in [5.74, 6) is 0.300. The zero-order chi connectivity index (χ0) is 14.7. The number of hydrogen-bond donors (Lipinski definition) is 1. The maximum Gasteiger partial charge on any atom is 0.258 e. The molecule has 0 bridgehead atoms. The van der Waals surface area contributed by atoms with Gasteiger partial charge in [0.15, 0.2) is 0 Å². The van der Waals surface area contributed by atoms with Crippen LogP contribution in [0.4, 0.5) is 5.95 Å². The van der Waals surface area contributed by atoms with E-state index in [1.54, 1.807) is 30.6 Å². The average Bonchev–Trinajstić information content (AvgIpc) is 2.87. The minimum atomic E-state index is -3.68. The van der Waals surface area contributed by atoms with Gasteiger partial charge >= 0.3 is 0 Å². The Morgan fingerprint density at radius 3 is 2.71 bits per heavy atom. The Bertz CT molecular complexity index is 854. The van der Waals surface area contributed by atoms with E-state index in [1.807, 2.05) is 18.2 Å². The van der Waals surface area contributed by atoms with Gasteiger partial charge in [0.2, 0.25) is 0 Å². The van der Waals surface area contributed by atoms with E-state index >= 15 is 0 Å². The van der Waals surface area contributed by atoms with Gasteiger partial charge in [-0.1, -0.05) is 30.3 Å². The highest BCUT2D eigenvalue weighted by molar-refractivity contribution is 7.95. The van der Waals surface area contributed by atoms with Crippen molar-refractivity contribution in [2.45, 2.75) is 0 Å². The van der Waals surface area contributed by atoms with Crippen molar-refractivity contribution >= 4 is 27.8 Å². The SMILES string of the molecule is O=S(=O)(/C=C/c1ccccc1)Nc1nc2ncccn2n1. The minimum absolute atomic E-state index is 0.0218. The molecule has 7 nitrogen and oxygen atoms in total. The fourth-order valence-corrected chi connectivity index (χ4v) is 2.41. The molecule has 0 saturated heterocycles. The monoisotopic (exact) mass is 301 g/mol. The summed E-state index contributed by atoms with van der Waals surface area (Å²) in [5, 5.41) is 5.04. The van der Waals surface area contributed by atoms with Crippen molar-refractivity contribution in [2.75, 3.05) is 4.72 Å². The van der Waals surface area contributed by atoms with Crippen LogP contribution in [0, 0.1) is 0 Å². The first kappa shape index (κ1) is 13.3. The first-order valence-corrected chi connectivity index (χ1v) is 7.60. The summed E-state index contributed by atoms with van der Waals surface area (Å²) < 4.78 is 27.6. The quantitative estimate of drug-likeness (QED) is 0.789. The summed E-state index contributed by atoms with van der Waals surface area (Å²) >= 11 is 0. The molecular weight excluding hydrogens is 290 g/mol. The molecule has 106 valence electrons. The van der Waals surface area contributed by atoms with Crippen molar-refractivity contribution in [2.24, 2.45) is 0 Å². The lowest BCUT2D eigenvalue weighted by atomic mass is 10.2. The van der Waals surface area contributed by atoms with Crippen LogP contribution < -0.4 is 4.72 Å². The highest BCUT2D eigenvalue weighted by atomic mass is 32.2. The van der Waals surface area contributed by atoms with Crippen molar-refractivity contribution in [1.29, 1.82) is 0 Å². The number of fused-ring (bicyclic) bond motifs is 1. The Kier molecular flexibility index (Phi) is 3.36. The summed E-state index contributed by atoms with van der Waals surface area (Å²) in [7, 11) is -3.68. The summed E-state index contributed by atoms with van der Waals surface area (Å²) in [6.07, 6.45) is 4.68. The van der Waals surface area contributed by atoms with Crippen LogP contribution in [0.1, 0.15) is 5.56 Å². The van der Waals surface area contributed by atoms with Crippen LogP contribution in [0.15, 0.2) is 54.2 Å². The van der Waals surface area contributed by atoms with Gasteiger partial charge in [0.05, 0.1) is 5.41 Å². The number of rotatable bonds is 4. The lowest BCUT2D eigenvalue weighted by Gasteiger charge is -1.98. The predicted molar refractivity (Wildman–Crippen MR) is 78.8 cm³/mol. The second kappa shape index (κ2) is 5.33. The highest BCUT2D eigenvalue weighted by Gasteiger charge is 2.10. The molecule has 0 atom stereocenters. The van der Waals surface area contributed by atoms with E-state index < -0.39 is 10.0 Å². The fourth-order valence-electron chi connectivity index (χ4n) is 1.67. The van der Waals surface area contributed by atoms with E-state index in [9.17, 15) is 8.42 Å². The van der Waals surface area contributed by atoms with Gasteiger partial charge in [-0.15, -0.1) is 5.10 Å². The van der Waals surface area contributed by atoms with Crippen LogP contribution in [-0.2, 0) is 10.0 Å². The fraction of sp³-hybridized carbons (Fsp3) is 0. The number of benzene rings is 1. The smallest absolute Gasteiger partial charge is 0.246 e. The third kappa shape index (κ3) is 3.23. The number of nitrogens with one attached hydrogen (secondary N) is 1. The first-order chi connectivity index (χ1) is 10.1. The third-order valence-electron chi connectivity index (χ3n) is 2.59. The summed E-state index contributed by atoms with van der Waals surface area (Å²) in [6, 6.07) is 10.8. The van der Waals surface area contributed by atoms with Gasteiger partial charge in [-0.2, -0.15) is 4.98 Å². The highest BCUT2D eigenvalue weighted by Crippen LogP contribution is 2.07. The van der Waals surface area contributed by atoms with E-state index in [1.165, 1.54) is 10.6 Å². The molecule has 8 heteroatoms. The summed E-state index contributed by atoms with van der Waals surface area (Å²) in [5.41, 5.74) is 0.785. The molecule has 21 heavy (non-hydrogen) atoms. The van der Waals surface area contributed by atoms with E-state index in [0.29, 0.717) is 5.78 Å². The van der Waals surface area contributed by atoms with Crippen LogP contribution in [0.25, 0.3) is 11.9 Å². The maximum atomic E-state index is 11.9. The third-order valence-corrected chi connectivity index (χ3v) is 3.55. The zero-order valence-electron chi connectivity index (χ0n) is 10.8. The van der Waals surface area contributed by atoms with Crippen LogP contribution in [-0.4, -0.2) is 28.0 Å². The number of sulfonamides is 1. The molecule has 0 fully saturated rings. The Morgan fingerprint density at radius 2 is 1.95 bits per heavy atom. The molecule has 0 saturated carbocycles. The predicted octanol–water partition coefficient (Wildman–Crippen LogP) is 1.54. The topological polar surface area (TPSA) is 89.2 Å². The molecule has 3 aromatic rings. The molecule has 0 amide bonds. The number of hydrogen-bond acceptors (Lipinski definition) is 5. The van der Waals surface area contributed by atoms with Gasteiger partial charge in [-0.25, -0.2) is 22.6 Å². The van der Waals surface area contributed by atoms with Gasteiger partial charge in [0, 0.05) is 12.4 Å². The van der Waals surface area contributed by atoms with Crippen molar-refractivity contribution in [3.8, 4) is 0 Å². The van der Waals surface area contributed by atoms with Gasteiger partial charge in [-0.05, 0) is 17.7 Å². The van der Waals surface area contributed by atoms with Gasteiger partial charge in [0.25, 0.3) is 21.7 Å². The molecular formula is C13H11N5O2S. The molecule has 1 aromatic carbocycles. The van der Waals surface area contributed by atoms with Crippen LogP contribution in [0.3, 0.4) is 0 Å². The lowest BCUT2D eigenvalue weighted by Crippen LogP contribution is -2.10. The lowest BCUT2D eigenvalue weighted by molar-refractivity contribution is 0.609. The number of nitrogens with zero attached hydrogens (tertiary/aromatic N) is 4. The van der Waals surface area contributed by atoms with Crippen molar-refractivity contribution in [3.05, 3.63) is 59.8 Å². The summed E-state index contributed by atoms with van der Waals surface area (Å²) in [6.45, 7) is 0. The normalized spacial score (nSPS) is 12.0. The molecule has 0 unspecified atom stereocenters. The molecule has 0 radical (unpaired) electrons. The molecule has 2 aromatic heterocycles. The number of anilines is 1. The Hall–Kier alpha value is -2.74. The summed E-state index contributed by atoms with van der Waals surface area (Å²) in [4.78, 5) is 7.93. The Balaban J connectivity index is 1.81. The van der Waals surface area contributed by atoms with Crippen LogP contribution >= 0.6 is 0 Å². The molecule has 0 aliphatic heterocycles. The van der Waals surface area contributed by atoms with Crippen molar-refractivity contribution in [3.63, 3.8) is 0 Å². The Labute approximate surface area is 121 Å². The second-order valence-electron chi connectivity index (χ2n) is 4.16. The average molecular weight is 301 g/mol. The molecule has 2 heterocycles. The second-order valence-corrected chi connectivity index (χ2v) is 5.73.